The number of non-ortho nitro benzene ring substituents is 1. The largest absolute Gasteiger partial charge is 0.433 e. The van der Waals surface area contributed by atoms with E-state index < -0.39 is 9.85 Å². The van der Waals surface area contributed by atoms with Gasteiger partial charge in [-0.15, -0.1) is 0 Å². The molecule has 0 radical (unpaired) electrons. The van der Waals surface area contributed by atoms with Crippen LogP contribution in [-0.4, -0.2) is 21.0 Å². The molecular weight excluding hydrogens is 432 g/mol. The molecule has 10 heteroatoms. The second-order valence-corrected chi connectivity index (χ2v) is 7.97. The van der Waals surface area contributed by atoms with Gasteiger partial charge in [-0.25, -0.2) is 9.98 Å². The normalized spacial score (nSPS) is 11.2. The van der Waals surface area contributed by atoms with Gasteiger partial charge in [0.25, 0.3) is 5.69 Å². The molecule has 9 nitrogen and oxygen atoms in total. The molecule has 0 aliphatic rings. The highest BCUT2D eigenvalue weighted by Crippen LogP contribution is 2.41. The van der Waals surface area contributed by atoms with Crippen LogP contribution in [0.5, 0.6) is 0 Å². The number of thiazole rings is 1. The Morgan fingerprint density at radius 1 is 1.00 bits per heavy atom. The zero-order chi connectivity index (χ0) is 22.8. The molecule has 32 heavy (non-hydrogen) atoms. The highest BCUT2D eigenvalue weighted by molar-refractivity contribution is 7.19. The fraction of sp³-hybridized carbons (Fsp3) is 0.0909. The van der Waals surface area contributed by atoms with Crippen LogP contribution in [0.4, 0.5) is 16.7 Å². The first kappa shape index (κ1) is 21.1. The number of aromatic nitrogens is 1. The summed E-state index contributed by atoms with van der Waals surface area (Å²) in [7, 11) is 0. The molecule has 2 aromatic carbocycles. The summed E-state index contributed by atoms with van der Waals surface area (Å²) in [5, 5.41) is 22.2. The Hall–Kier alpha value is -4.18. The van der Waals surface area contributed by atoms with Gasteiger partial charge < -0.3 is 4.42 Å². The van der Waals surface area contributed by atoms with Gasteiger partial charge in [-0.3, -0.25) is 20.2 Å². The standard InChI is InChI=1S/C22H16N4O5S/c1-13-3-9-18(14(2)11-13)20-21(15-4-6-16(7-5-15)25(27)28)32-22(24-20)23-12-17-8-10-19(31-17)26(29)30/h3-12H,1-2H3. The summed E-state index contributed by atoms with van der Waals surface area (Å²) in [6.45, 7) is 4.00. The molecule has 0 N–H and O–H groups in total. The van der Waals surface area contributed by atoms with E-state index in [4.69, 9.17) is 4.42 Å². The summed E-state index contributed by atoms with van der Waals surface area (Å²) < 4.78 is 5.11. The SMILES string of the molecule is Cc1ccc(-c2nc(N=Cc3ccc([N+](=O)[O-])o3)sc2-c2ccc([N+](=O)[O-])cc2)c(C)c1. The predicted octanol–water partition coefficient (Wildman–Crippen LogP) is 6.25. The predicted molar refractivity (Wildman–Crippen MR) is 122 cm³/mol. The molecule has 2 heterocycles. The number of furan rings is 1. The van der Waals surface area contributed by atoms with Crippen LogP contribution in [0.15, 0.2) is 64.0 Å². The van der Waals surface area contributed by atoms with Gasteiger partial charge in [-0.2, -0.15) is 0 Å². The zero-order valence-corrected chi connectivity index (χ0v) is 17.8. The maximum atomic E-state index is 11.0. The maximum absolute atomic E-state index is 11.0. The van der Waals surface area contributed by atoms with Crippen molar-refractivity contribution < 1.29 is 14.3 Å². The van der Waals surface area contributed by atoms with Crippen LogP contribution in [-0.2, 0) is 0 Å². The molecule has 0 atom stereocenters. The third-order valence-electron chi connectivity index (χ3n) is 4.69. The van der Waals surface area contributed by atoms with E-state index in [1.165, 1.54) is 41.8 Å². The van der Waals surface area contributed by atoms with Crippen molar-refractivity contribution in [1.29, 1.82) is 0 Å². The molecular formula is C22H16N4O5S. The van der Waals surface area contributed by atoms with Crippen molar-refractivity contribution >= 4 is 34.3 Å². The third kappa shape index (κ3) is 4.30. The molecule has 0 saturated carbocycles. The molecule has 0 unspecified atom stereocenters. The fourth-order valence-corrected chi connectivity index (χ4v) is 4.12. The van der Waals surface area contributed by atoms with Gasteiger partial charge in [0.1, 0.15) is 4.92 Å². The number of hydrogen-bond acceptors (Lipinski definition) is 8. The Morgan fingerprint density at radius 2 is 1.75 bits per heavy atom. The van der Waals surface area contributed by atoms with Crippen LogP contribution < -0.4 is 0 Å². The van der Waals surface area contributed by atoms with Crippen LogP contribution in [0.25, 0.3) is 21.7 Å². The van der Waals surface area contributed by atoms with Crippen molar-refractivity contribution in [2.75, 3.05) is 0 Å². The molecule has 4 rings (SSSR count). The van der Waals surface area contributed by atoms with Crippen molar-refractivity contribution in [3.05, 3.63) is 91.7 Å². The van der Waals surface area contributed by atoms with Crippen molar-refractivity contribution in [2.24, 2.45) is 4.99 Å². The Morgan fingerprint density at radius 3 is 2.38 bits per heavy atom. The number of aryl methyl sites for hydroxylation is 2. The quantitative estimate of drug-likeness (QED) is 0.195. The minimum atomic E-state index is -0.619. The molecule has 0 bridgehead atoms. The highest BCUT2D eigenvalue weighted by Gasteiger charge is 2.18. The number of nitro benzene ring substituents is 1. The van der Waals surface area contributed by atoms with Crippen molar-refractivity contribution in [3.8, 4) is 21.7 Å². The summed E-state index contributed by atoms with van der Waals surface area (Å²) in [5.74, 6) is -0.134. The third-order valence-corrected chi connectivity index (χ3v) is 5.70. The lowest BCUT2D eigenvalue weighted by atomic mass is 10.0. The van der Waals surface area contributed by atoms with Crippen LogP contribution in [0.1, 0.15) is 16.9 Å². The second-order valence-electron chi connectivity index (χ2n) is 6.99. The summed E-state index contributed by atoms with van der Waals surface area (Å²) >= 11 is 1.31. The number of benzene rings is 2. The Labute approximate surface area is 186 Å². The van der Waals surface area contributed by atoms with Crippen molar-refractivity contribution in [3.63, 3.8) is 0 Å². The smallest absolute Gasteiger partial charge is 0.400 e. The highest BCUT2D eigenvalue weighted by atomic mass is 32.1. The first-order valence-corrected chi connectivity index (χ1v) is 10.2. The summed E-state index contributed by atoms with van der Waals surface area (Å²) in [6.07, 6.45) is 1.37. The van der Waals surface area contributed by atoms with E-state index in [0.29, 0.717) is 10.8 Å². The van der Waals surface area contributed by atoms with Crippen molar-refractivity contribution in [1.82, 2.24) is 4.98 Å². The summed E-state index contributed by atoms with van der Waals surface area (Å²) in [4.78, 5) is 30.5. The summed E-state index contributed by atoms with van der Waals surface area (Å²) in [6, 6.07) is 15.0. The lowest BCUT2D eigenvalue weighted by molar-refractivity contribution is -0.402. The van der Waals surface area contributed by atoms with E-state index in [9.17, 15) is 20.2 Å². The number of nitro groups is 2. The average molecular weight is 448 g/mol. The number of nitrogens with zero attached hydrogens (tertiary/aromatic N) is 4. The minimum Gasteiger partial charge on any atom is -0.400 e. The molecule has 4 aromatic rings. The van der Waals surface area contributed by atoms with Crippen LogP contribution in [0.3, 0.4) is 0 Å². The van der Waals surface area contributed by atoms with Gasteiger partial charge in [0.05, 0.1) is 27.8 Å². The van der Waals surface area contributed by atoms with Crippen LogP contribution >= 0.6 is 11.3 Å². The molecule has 0 aliphatic heterocycles. The van der Waals surface area contributed by atoms with E-state index in [2.05, 4.69) is 16.0 Å². The van der Waals surface area contributed by atoms with Gasteiger partial charge in [0.15, 0.2) is 5.76 Å². The van der Waals surface area contributed by atoms with E-state index in [1.54, 1.807) is 12.1 Å². The Balaban J connectivity index is 1.78. The first-order valence-electron chi connectivity index (χ1n) is 9.43. The summed E-state index contributed by atoms with van der Waals surface area (Å²) in [5.41, 5.74) is 4.57. The van der Waals surface area contributed by atoms with Gasteiger partial charge >= 0.3 is 5.88 Å². The molecule has 0 saturated heterocycles. The van der Waals surface area contributed by atoms with Crippen molar-refractivity contribution in [2.45, 2.75) is 13.8 Å². The fourth-order valence-electron chi connectivity index (χ4n) is 3.18. The molecule has 0 fully saturated rings. The second kappa shape index (κ2) is 8.52. The lowest BCUT2D eigenvalue weighted by Crippen LogP contribution is -1.89. The molecule has 0 spiro atoms. The van der Waals surface area contributed by atoms with E-state index in [0.717, 1.165) is 27.1 Å². The number of hydrogen-bond donors (Lipinski definition) is 0. The Bertz CT molecular complexity index is 1360. The van der Waals surface area contributed by atoms with Gasteiger partial charge in [-0.1, -0.05) is 35.1 Å². The van der Waals surface area contributed by atoms with E-state index in [-0.39, 0.29) is 17.3 Å². The van der Waals surface area contributed by atoms with Gasteiger partial charge in [0, 0.05) is 17.7 Å². The van der Waals surface area contributed by atoms with E-state index in [1.807, 2.05) is 26.0 Å². The van der Waals surface area contributed by atoms with Crippen LogP contribution in [0, 0.1) is 34.1 Å². The van der Waals surface area contributed by atoms with Gasteiger partial charge in [0.2, 0.25) is 5.13 Å². The monoisotopic (exact) mass is 448 g/mol. The van der Waals surface area contributed by atoms with Gasteiger partial charge in [-0.05, 0) is 43.2 Å². The number of aliphatic imine (C=N–C) groups is 1. The average Bonchev–Trinajstić information content (AvgIpc) is 3.40. The Kier molecular flexibility index (Phi) is 5.61. The van der Waals surface area contributed by atoms with E-state index >= 15 is 0 Å². The topological polar surface area (TPSA) is 125 Å². The first-order chi connectivity index (χ1) is 15.3. The zero-order valence-electron chi connectivity index (χ0n) is 17.0. The molecule has 2 aromatic heterocycles. The molecule has 0 aliphatic carbocycles. The number of rotatable bonds is 6. The van der Waals surface area contributed by atoms with Crippen LogP contribution in [0.2, 0.25) is 0 Å². The molecule has 0 amide bonds. The maximum Gasteiger partial charge on any atom is 0.433 e. The molecule has 160 valence electrons. The lowest BCUT2D eigenvalue weighted by Gasteiger charge is -2.07. The minimum absolute atomic E-state index is 0.00369.